The number of sulfonamides is 1. The van der Waals surface area contributed by atoms with Crippen LogP contribution in [-0.2, 0) is 14.8 Å². The van der Waals surface area contributed by atoms with Crippen molar-refractivity contribution in [1.82, 2.24) is 4.31 Å². The fourth-order valence-corrected chi connectivity index (χ4v) is 3.74. The van der Waals surface area contributed by atoms with Gasteiger partial charge in [-0.3, -0.25) is 0 Å². The number of piperidine rings is 1. The Bertz CT molecular complexity index is 587. The summed E-state index contributed by atoms with van der Waals surface area (Å²) in [6.45, 7) is 1.45. The molecule has 1 aromatic rings. The maximum Gasteiger partial charge on any atom is 0.243 e. The molecule has 0 radical (unpaired) electrons. The standard InChI is InChI=1S/C13H18F2N2O3S/c14-12-2-1-11(9-13(12)15)21(18,19)17-6-3-10(4-7-17)20-8-5-16/h1-2,9-10H,3-8,16H2. The minimum atomic E-state index is -3.80. The topological polar surface area (TPSA) is 72.6 Å². The number of benzene rings is 1. The predicted molar refractivity (Wildman–Crippen MR) is 73.1 cm³/mol. The summed E-state index contributed by atoms with van der Waals surface area (Å²) in [5, 5.41) is 0. The van der Waals surface area contributed by atoms with Gasteiger partial charge >= 0.3 is 0 Å². The number of hydrogen-bond donors (Lipinski definition) is 1. The van der Waals surface area contributed by atoms with Crippen LogP contribution in [0.3, 0.4) is 0 Å². The second-order valence-electron chi connectivity index (χ2n) is 4.84. The molecule has 0 saturated carbocycles. The van der Waals surface area contributed by atoms with Crippen LogP contribution in [0.15, 0.2) is 23.1 Å². The van der Waals surface area contributed by atoms with Crippen molar-refractivity contribution in [2.45, 2.75) is 23.8 Å². The molecule has 0 unspecified atom stereocenters. The van der Waals surface area contributed by atoms with Crippen molar-refractivity contribution in [1.29, 1.82) is 0 Å². The van der Waals surface area contributed by atoms with E-state index in [1.165, 1.54) is 4.31 Å². The Kier molecular flexibility index (Phi) is 5.26. The zero-order valence-electron chi connectivity index (χ0n) is 11.5. The second kappa shape index (κ2) is 6.78. The molecule has 0 amide bonds. The molecule has 0 atom stereocenters. The van der Waals surface area contributed by atoms with Gasteiger partial charge in [-0.1, -0.05) is 0 Å². The van der Waals surface area contributed by atoms with Gasteiger partial charge in [0, 0.05) is 19.6 Å². The molecular formula is C13H18F2N2O3S. The van der Waals surface area contributed by atoms with Gasteiger partial charge in [0.15, 0.2) is 11.6 Å². The maximum atomic E-state index is 13.2. The molecule has 21 heavy (non-hydrogen) atoms. The molecule has 1 fully saturated rings. The zero-order chi connectivity index (χ0) is 15.5. The van der Waals surface area contributed by atoms with Crippen molar-refractivity contribution in [2.24, 2.45) is 5.73 Å². The predicted octanol–water partition coefficient (Wildman–Crippen LogP) is 1.09. The van der Waals surface area contributed by atoms with E-state index in [4.69, 9.17) is 10.5 Å². The molecule has 1 saturated heterocycles. The third-order valence-electron chi connectivity index (χ3n) is 3.40. The van der Waals surface area contributed by atoms with Crippen molar-refractivity contribution in [2.75, 3.05) is 26.2 Å². The molecule has 1 heterocycles. The summed E-state index contributed by atoms with van der Waals surface area (Å²) < 4.78 is 57.5. The van der Waals surface area contributed by atoms with Crippen LogP contribution in [0.2, 0.25) is 0 Å². The van der Waals surface area contributed by atoms with Crippen LogP contribution in [0, 0.1) is 11.6 Å². The van der Waals surface area contributed by atoms with Crippen LogP contribution >= 0.6 is 0 Å². The average Bonchev–Trinajstić information content (AvgIpc) is 2.48. The fourth-order valence-electron chi connectivity index (χ4n) is 2.26. The Morgan fingerprint density at radius 2 is 1.90 bits per heavy atom. The van der Waals surface area contributed by atoms with Gasteiger partial charge in [0.1, 0.15) is 0 Å². The van der Waals surface area contributed by atoms with Gasteiger partial charge in [0.25, 0.3) is 0 Å². The summed E-state index contributed by atoms with van der Waals surface area (Å²) in [5.41, 5.74) is 5.35. The number of nitrogens with zero attached hydrogens (tertiary/aromatic N) is 1. The maximum absolute atomic E-state index is 13.2. The summed E-state index contributed by atoms with van der Waals surface area (Å²) >= 11 is 0. The van der Waals surface area contributed by atoms with E-state index in [-0.39, 0.29) is 24.1 Å². The number of nitrogens with two attached hydrogens (primary N) is 1. The van der Waals surface area contributed by atoms with Gasteiger partial charge < -0.3 is 10.5 Å². The SMILES string of the molecule is NCCOC1CCN(S(=O)(=O)c2ccc(F)c(F)c2)CC1. The van der Waals surface area contributed by atoms with Gasteiger partial charge in [-0.25, -0.2) is 17.2 Å². The highest BCUT2D eigenvalue weighted by atomic mass is 32.2. The van der Waals surface area contributed by atoms with E-state index in [0.717, 1.165) is 12.1 Å². The molecule has 2 N–H and O–H groups in total. The largest absolute Gasteiger partial charge is 0.377 e. The number of rotatable bonds is 5. The third-order valence-corrected chi connectivity index (χ3v) is 5.30. The lowest BCUT2D eigenvalue weighted by atomic mass is 10.1. The molecule has 0 spiro atoms. The van der Waals surface area contributed by atoms with Crippen molar-refractivity contribution in [3.8, 4) is 0 Å². The molecule has 1 aromatic carbocycles. The molecule has 8 heteroatoms. The van der Waals surface area contributed by atoms with Crippen LogP contribution in [0.4, 0.5) is 8.78 Å². The van der Waals surface area contributed by atoms with Crippen LogP contribution in [0.1, 0.15) is 12.8 Å². The second-order valence-corrected chi connectivity index (χ2v) is 6.78. The smallest absolute Gasteiger partial charge is 0.243 e. The van der Waals surface area contributed by atoms with Crippen molar-refractivity contribution >= 4 is 10.0 Å². The first-order chi connectivity index (χ1) is 9.95. The summed E-state index contributed by atoms with van der Waals surface area (Å²) in [6, 6.07) is 2.60. The monoisotopic (exact) mass is 320 g/mol. The van der Waals surface area contributed by atoms with Gasteiger partial charge in [-0.15, -0.1) is 0 Å². The Morgan fingerprint density at radius 1 is 1.24 bits per heavy atom. The number of halogens is 2. The van der Waals surface area contributed by atoms with Gasteiger partial charge in [-0.05, 0) is 31.0 Å². The lowest BCUT2D eigenvalue weighted by molar-refractivity contribution is 0.0257. The third kappa shape index (κ3) is 3.76. The van der Waals surface area contributed by atoms with Crippen LogP contribution in [0.25, 0.3) is 0 Å². The molecule has 2 rings (SSSR count). The molecule has 0 aromatic heterocycles. The minimum Gasteiger partial charge on any atom is -0.377 e. The zero-order valence-corrected chi connectivity index (χ0v) is 12.3. The summed E-state index contributed by atoms with van der Waals surface area (Å²) in [7, 11) is -3.80. The Labute approximate surface area is 122 Å². The fraction of sp³-hybridized carbons (Fsp3) is 0.538. The van der Waals surface area contributed by atoms with Gasteiger partial charge in [-0.2, -0.15) is 4.31 Å². The first-order valence-electron chi connectivity index (χ1n) is 6.72. The highest BCUT2D eigenvalue weighted by Gasteiger charge is 2.30. The molecule has 1 aliphatic heterocycles. The molecular weight excluding hydrogens is 302 g/mol. The van der Waals surface area contributed by atoms with Crippen molar-refractivity contribution in [3.05, 3.63) is 29.8 Å². The molecule has 0 bridgehead atoms. The van der Waals surface area contributed by atoms with E-state index in [1.807, 2.05) is 0 Å². The molecule has 1 aliphatic rings. The van der Waals surface area contributed by atoms with E-state index < -0.39 is 21.7 Å². The first-order valence-corrected chi connectivity index (χ1v) is 8.16. The molecule has 0 aliphatic carbocycles. The van der Waals surface area contributed by atoms with E-state index in [0.29, 0.717) is 32.1 Å². The summed E-state index contributed by atoms with van der Waals surface area (Å²) in [5.74, 6) is -2.24. The molecule has 118 valence electrons. The highest BCUT2D eigenvalue weighted by molar-refractivity contribution is 7.89. The van der Waals surface area contributed by atoms with Crippen LogP contribution < -0.4 is 5.73 Å². The Morgan fingerprint density at radius 3 is 2.48 bits per heavy atom. The van der Waals surface area contributed by atoms with E-state index in [9.17, 15) is 17.2 Å². The van der Waals surface area contributed by atoms with Crippen LogP contribution in [0.5, 0.6) is 0 Å². The lowest BCUT2D eigenvalue weighted by Crippen LogP contribution is -2.41. The molecule has 5 nitrogen and oxygen atoms in total. The van der Waals surface area contributed by atoms with Crippen molar-refractivity contribution < 1.29 is 21.9 Å². The average molecular weight is 320 g/mol. The van der Waals surface area contributed by atoms with Crippen molar-refractivity contribution in [3.63, 3.8) is 0 Å². The Balaban J connectivity index is 2.06. The van der Waals surface area contributed by atoms with E-state index >= 15 is 0 Å². The van der Waals surface area contributed by atoms with Gasteiger partial charge in [0.2, 0.25) is 10.0 Å². The first kappa shape index (κ1) is 16.3. The normalized spacial score (nSPS) is 18.0. The number of hydrogen-bond acceptors (Lipinski definition) is 4. The highest BCUT2D eigenvalue weighted by Crippen LogP contribution is 2.23. The van der Waals surface area contributed by atoms with E-state index in [1.54, 1.807) is 0 Å². The van der Waals surface area contributed by atoms with Gasteiger partial charge in [0.05, 0.1) is 17.6 Å². The summed E-state index contributed by atoms with van der Waals surface area (Å²) in [6.07, 6.45) is 1.11. The van der Waals surface area contributed by atoms with Crippen LogP contribution in [-0.4, -0.2) is 45.1 Å². The number of ether oxygens (including phenoxy) is 1. The quantitative estimate of drug-likeness (QED) is 0.881. The minimum absolute atomic E-state index is 0.00930. The lowest BCUT2D eigenvalue weighted by Gasteiger charge is -2.31. The summed E-state index contributed by atoms with van der Waals surface area (Å²) in [4.78, 5) is -0.234. The van der Waals surface area contributed by atoms with E-state index in [2.05, 4.69) is 0 Å². The Hall–Kier alpha value is -1.09.